The lowest BCUT2D eigenvalue weighted by Gasteiger charge is -2.33. The van der Waals surface area contributed by atoms with Crippen LogP contribution in [0.4, 0.5) is 0 Å². The Kier molecular flexibility index (Phi) is 5.50. The minimum atomic E-state index is 0. The Hall–Kier alpha value is -1.07. The molecule has 5 nitrogen and oxygen atoms in total. The summed E-state index contributed by atoms with van der Waals surface area (Å²) in [7, 11) is 0. The number of hydrogen-bond donors (Lipinski definition) is 2. The van der Waals surface area contributed by atoms with Crippen LogP contribution in [0.15, 0.2) is 6.20 Å². The summed E-state index contributed by atoms with van der Waals surface area (Å²) in [5, 5.41) is 11.1. The standard InChI is InChI=1S/C16H26N4O.ClH/c1-10(2)20-9-12-4-5-14(6-15(12)19-20)18-16(21)11(3)13-7-17-8-13;/h9-11,13-14,17H,4-8H2,1-3H3,(H,18,21);1H. The summed E-state index contributed by atoms with van der Waals surface area (Å²) >= 11 is 0. The fourth-order valence-corrected chi connectivity index (χ4v) is 3.11. The maximum absolute atomic E-state index is 12.3. The van der Waals surface area contributed by atoms with Gasteiger partial charge in [0, 0.05) is 30.6 Å². The summed E-state index contributed by atoms with van der Waals surface area (Å²) in [6.07, 6.45) is 5.08. The number of aryl methyl sites for hydroxylation is 1. The van der Waals surface area contributed by atoms with Crippen LogP contribution in [-0.4, -0.2) is 34.8 Å². The smallest absolute Gasteiger partial charge is 0.223 e. The van der Waals surface area contributed by atoms with Gasteiger partial charge in [-0.15, -0.1) is 12.4 Å². The van der Waals surface area contributed by atoms with E-state index in [-0.39, 0.29) is 30.3 Å². The maximum Gasteiger partial charge on any atom is 0.223 e. The van der Waals surface area contributed by atoms with Gasteiger partial charge in [-0.3, -0.25) is 9.48 Å². The van der Waals surface area contributed by atoms with E-state index < -0.39 is 0 Å². The number of aromatic nitrogens is 2. The third-order valence-corrected chi connectivity index (χ3v) is 4.91. The number of nitrogens with one attached hydrogen (secondary N) is 2. The monoisotopic (exact) mass is 326 g/mol. The molecule has 3 rings (SSSR count). The zero-order valence-electron chi connectivity index (χ0n) is 13.6. The second kappa shape index (κ2) is 7.01. The number of rotatable bonds is 4. The molecule has 0 aromatic carbocycles. The van der Waals surface area contributed by atoms with E-state index in [0.717, 1.165) is 32.4 Å². The highest BCUT2D eigenvalue weighted by atomic mass is 35.5. The summed E-state index contributed by atoms with van der Waals surface area (Å²) in [5.74, 6) is 0.823. The molecule has 124 valence electrons. The first-order chi connectivity index (χ1) is 10.0. The average molecular weight is 327 g/mol. The largest absolute Gasteiger partial charge is 0.353 e. The molecule has 0 radical (unpaired) electrons. The fraction of sp³-hybridized carbons (Fsp3) is 0.750. The Labute approximate surface area is 138 Å². The highest BCUT2D eigenvalue weighted by Crippen LogP contribution is 2.23. The number of nitrogens with zero attached hydrogens (tertiary/aromatic N) is 2. The van der Waals surface area contributed by atoms with Crippen molar-refractivity contribution < 1.29 is 4.79 Å². The highest BCUT2D eigenvalue weighted by Gasteiger charge is 2.31. The van der Waals surface area contributed by atoms with E-state index in [2.05, 4.69) is 35.8 Å². The van der Waals surface area contributed by atoms with Crippen LogP contribution in [0.5, 0.6) is 0 Å². The molecule has 1 aliphatic carbocycles. The first kappa shape index (κ1) is 17.3. The molecule has 1 aliphatic heterocycles. The number of fused-ring (bicyclic) bond motifs is 1. The van der Waals surface area contributed by atoms with Gasteiger partial charge in [0.25, 0.3) is 0 Å². The number of carbonyl (C=O) groups excluding carboxylic acids is 1. The van der Waals surface area contributed by atoms with Crippen molar-refractivity contribution in [2.75, 3.05) is 13.1 Å². The number of carbonyl (C=O) groups is 1. The highest BCUT2D eigenvalue weighted by molar-refractivity contribution is 5.85. The molecule has 1 amide bonds. The SMILES string of the molecule is CC(C(=O)NC1CCc2cn(C(C)C)nc2C1)C1CNC1.Cl. The van der Waals surface area contributed by atoms with Gasteiger partial charge in [0.05, 0.1) is 5.69 Å². The zero-order chi connectivity index (χ0) is 15.0. The normalized spacial score (nSPS) is 22.5. The molecule has 1 aromatic rings. The number of halogens is 1. The summed E-state index contributed by atoms with van der Waals surface area (Å²) in [5.41, 5.74) is 2.52. The molecule has 1 aromatic heterocycles. The minimum Gasteiger partial charge on any atom is -0.353 e. The second-order valence-electron chi connectivity index (χ2n) is 6.83. The molecule has 2 aliphatic rings. The predicted molar refractivity (Wildman–Crippen MR) is 89.3 cm³/mol. The van der Waals surface area contributed by atoms with Gasteiger partial charge in [-0.1, -0.05) is 6.92 Å². The quantitative estimate of drug-likeness (QED) is 0.885. The Morgan fingerprint density at radius 3 is 2.73 bits per heavy atom. The van der Waals surface area contributed by atoms with E-state index in [1.54, 1.807) is 0 Å². The van der Waals surface area contributed by atoms with Gasteiger partial charge < -0.3 is 10.6 Å². The molecule has 0 saturated carbocycles. The molecular formula is C16H27ClN4O. The predicted octanol–water partition coefficient (Wildman–Crippen LogP) is 1.71. The van der Waals surface area contributed by atoms with Gasteiger partial charge in [-0.2, -0.15) is 5.10 Å². The molecule has 1 saturated heterocycles. The van der Waals surface area contributed by atoms with Gasteiger partial charge in [0.1, 0.15) is 0 Å². The first-order valence-electron chi connectivity index (χ1n) is 8.12. The average Bonchev–Trinajstić information content (AvgIpc) is 2.79. The Morgan fingerprint density at radius 1 is 1.41 bits per heavy atom. The Balaban J connectivity index is 0.00000176. The van der Waals surface area contributed by atoms with Crippen LogP contribution >= 0.6 is 12.4 Å². The fourth-order valence-electron chi connectivity index (χ4n) is 3.11. The topological polar surface area (TPSA) is 59.0 Å². The van der Waals surface area contributed by atoms with Gasteiger partial charge >= 0.3 is 0 Å². The Bertz CT molecular complexity index is 524. The molecule has 0 bridgehead atoms. The lowest BCUT2D eigenvalue weighted by atomic mass is 9.87. The van der Waals surface area contributed by atoms with E-state index >= 15 is 0 Å². The minimum absolute atomic E-state index is 0. The van der Waals surface area contributed by atoms with Crippen molar-refractivity contribution in [3.8, 4) is 0 Å². The maximum atomic E-state index is 12.3. The van der Waals surface area contributed by atoms with Gasteiger partial charge in [0.15, 0.2) is 0 Å². The molecule has 2 atom stereocenters. The van der Waals surface area contributed by atoms with Crippen molar-refractivity contribution in [1.82, 2.24) is 20.4 Å². The molecule has 1 fully saturated rings. The van der Waals surface area contributed by atoms with Crippen LogP contribution in [0.3, 0.4) is 0 Å². The lowest BCUT2D eigenvalue weighted by molar-refractivity contribution is -0.127. The van der Waals surface area contributed by atoms with Crippen molar-refractivity contribution in [2.45, 2.75) is 52.1 Å². The summed E-state index contributed by atoms with van der Waals surface area (Å²) in [4.78, 5) is 12.3. The molecule has 2 unspecified atom stereocenters. The molecule has 6 heteroatoms. The van der Waals surface area contributed by atoms with Crippen LogP contribution in [0.1, 0.15) is 44.5 Å². The van der Waals surface area contributed by atoms with Crippen molar-refractivity contribution in [3.05, 3.63) is 17.5 Å². The lowest BCUT2D eigenvalue weighted by Crippen LogP contribution is -2.51. The van der Waals surface area contributed by atoms with Gasteiger partial charge in [-0.25, -0.2) is 0 Å². The third-order valence-electron chi connectivity index (χ3n) is 4.91. The van der Waals surface area contributed by atoms with Crippen molar-refractivity contribution in [1.29, 1.82) is 0 Å². The second-order valence-corrected chi connectivity index (χ2v) is 6.83. The van der Waals surface area contributed by atoms with Crippen LogP contribution in [0.25, 0.3) is 0 Å². The van der Waals surface area contributed by atoms with Crippen molar-refractivity contribution >= 4 is 18.3 Å². The van der Waals surface area contributed by atoms with E-state index in [1.807, 2.05) is 11.6 Å². The first-order valence-corrected chi connectivity index (χ1v) is 8.12. The molecule has 22 heavy (non-hydrogen) atoms. The van der Waals surface area contributed by atoms with Crippen LogP contribution in [0, 0.1) is 11.8 Å². The van der Waals surface area contributed by atoms with Gasteiger partial charge in [0.2, 0.25) is 5.91 Å². The molecule has 2 N–H and O–H groups in total. The van der Waals surface area contributed by atoms with Gasteiger partial charge in [-0.05, 0) is 51.3 Å². The van der Waals surface area contributed by atoms with Crippen LogP contribution in [0.2, 0.25) is 0 Å². The molecular weight excluding hydrogens is 300 g/mol. The van der Waals surface area contributed by atoms with Crippen LogP contribution in [-0.2, 0) is 17.6 Å². The summed E-state index contributed by atoms with van der Waals surface area (Å²) in [6.45, 7) is 8.28. The van der Waals surface area contributed by atoms with Crippen molar-refractivity contribution in [3.63, 3.8) is 0 Å². The molecule has 2 heterocycles. The van der Waals surface area contributed by atoms with E-state index in [1.165, 1.54) is 11.3 Å². The zero-order valence-corrected chi connectivity index (χ0v) is 14.4. The number of amides is 1. The third kappa shape index (κ3) is 3.46. The summed E-state index contributed by atoms with van der Waals surface area (Å²) in [6, 6.07) is 0.644. The van der Waals surface area contributed by atoms with E-state index in [0.29, 0.717) is 12.0 Å². The van der Waals surface area contributed by atoms with Crippen molar-refractivity contribution in [2.24, 2.45) is 11.8 Å². The van der Waals surface area contributed by atoms with E-state index in [4.69, 9.17) is 0 Å². The van der Waals surface area contributed by atoms with Crippen LogP contribution < -0.4 is 10.6 Å². The summed E-state index contributed by atoms with van der Waals surface area (Å²) < 4.78 is 2.04. The Morgan fingerprint density at radius 2 is 2.14 bits per heavy atom. The number of hydrogen-bond acceptors (Lipinski definition) is 3. The van der Waals surface area contributed by atoms with E-state index in [9.17, 15) is 4.79 Å². The molecule has 0 spiro atoms.